The van der Waals surface area contributed by atoms with Crippen molar-refractivity contribution in [2.24, 2.45) is 0 Å². The molecule has 1 aromatic heterocycles. The van der Waals surface area contributed by atoms with Gasteiger partial charge in [0.1, 0.15) is 0 Å². The van der Waals surface area contributed by atoms with Gasteiger partial charge in [-0.1, -0.05) is 185 Å². The van der Waals surface area contributed by atoms with Crippen LogP contribution in [0.5, 0.6) is 0 Å². The summed E-state index contributed by atoms with van der Waals surface area (Å²) in [7, 11) is 0. The largest absolute Gasteiger partial charge is 0.309 e. The number of hydrogen-bond acceptors (Lipinski definition) is 2. The number of para-hydroxylation sites is 2. The normalized spacial score (nSPS) is 14.1. The summed E-state index contributed by atoms with van der Waals surface area (Å²) in [5.74, 6) is 0. The molecule has 296 valence electrons. The fraction of sp³-hybridized carbons (Fsp3) is 0.100. The number of benzene rings is 9. The van der Waals surface area contributed by atoms with Crippen LogP contribution in [-0.4, -0.2) is 0 Å². The Labute approximate surface area is 368 Å². The molecule has 0 saturated carbocycles. The first-order valence-electron chi connectivity index (χ1n) is 21.8. The van der Waals surface area contributed by atoms with E-state index in [-0.39, 0.29) is 10.8 Å². The molecule has 9 aromatic carbocycles. The summed E-state index contributed by atoms with van der Waals surface area (Å²) < 4.78 is 2.61. The number of anilines is 3. The van der Waals surface area contributed by atoms with Gasteiger partial charge < -0.3 is 4.90 Å². The van der Waals surface area contributed by atoms with Crippen molar-refractivity contribution in [3.05, 3.63) is 222 Å². The van der Waals surface area contributed by atoms with Gasteiger partial charge in [0, 0.05) is 47.8 Å². The van der Waals surface area contributed by atoms with E-state index in [0.29, 0.717) is 0 Å². The van der Waals surface area contributed by atoms with E-state index in [1.54, 1.807) is 0 Å². The third-order valence-corrected chi connectivity index (χ3v) is 15.0. The standard InChI is InChI=1S/C60H45NS/c1-59(2)49-27-10-5-20-41(49)48-37-39(34-35-51(48)59)38-18-15-19-40(36-38)61(54-31-13-8-22-43(54)45-26-17-33-56-58(45)47-24-9-14-32-55(47)62-56)53-30-12-7-21-42(53)44-25-16-29-52-57(44)46-23-6-11-28-50(46)60(52,3)4/h5-37H,1-4H3. The Morgan fingerprint density at radius 2 is 0.871 bits per heavy atom. The zero-order valence-electron chi connectivity index (χ0n) is 35.4. The van der Waals surface area contributed by atoms with Crippen molar-refractivity contribution < 1.29 is 0 Å². The van der Waals surface area contributed by atoms with E-state index in [2.05, 4.69) is 233 Å². The van der Waals surface area contributed by atoms with Crippen LogP contribution in [0.4, 0.5) is 17.1 Å². The summed E-state index contributed by atoms with van der Waals surface area (Å²) in [4.78, 5) is 2.53. The minimum Gasteiger partial charge on any atom is -0.309 e. The maximum Gasteiger partial charge on any atom is 0.0540 e. The second-order valence-corrected chi connectivity index (χ2v) is 19.1. The van der Waals surface area contributed by atoms with Gasteiger partial charge in [-0.3, -0.25) is 0 Å². The third-order valence-electron chi connectivity index (χ3n) is 13.9. The van der Waals surface area contributed by atoms with E-state index in [9.17, 15) is 0 Å². The second-order valence-electron chi connectivity index (χ2n) is 18.0. The predicted octanol–water partition coefficient (Wildman–Crippen LogP) is 17.1. The van der Waals surface area contributed by atoms with E-state index in [1.807, 2.05) is 11.3 Å². The van der Waals surface area contributed by atoms with Gasteiger partial charge in [-0.25, -0.2) is 0 Å². The van der Waals surface area contributed by atoms with Crippen molar-refractivity contribution in [3.63, 3.8) is 0 Å². The molecule has 0 saturated heterocycles. The minimum atomic E-state index is -0.106. The van der Waals surface area contributed by atoms with Crippen LogP contribution in [0.25, 0.3) is 75.8 Å². The summed E-state index contributed by atoms with van der Waals surface area (Å²) >= 11 is 1.87. The Morgan fingerprint density at radius 1 is 0.355 bits per heavy atom. The summed E-state index contributed by atoms with van der Waals surface area (Å²) in [5.41, 5.74) is 21.4. The lowest BCUT2D eigenvalue weighted by atomic mass is 9.82. The fourth-order valence-electron chi connectivity index (χ4n) is 10.9. The van der Waals surface area contributed by atoms with E-state index >= 15 is 0 Å². The van der Waals surface area contributed by atoms with Gasteiger partial charge in [0.2, 0.25) is 0 Å². The summed E-state index contributed by atoms with van der Waals surface area (Å²) in [6.45, 7) is 9.45. The maximum absolute atomic E-state index is 2.53. The van der Waals surface area contributed by atoms with Crippen molar-refractivity contribution in [2.45, 2.75) is 38.5 Å². The molecule has 1 heterocycles. The molecule has 0 amide bonds. The van der Waals surface area contributed by atoms with Crippen LogP contribution >= 0.6 is 11.3 Å². The molecule has 0 bridgehead atoms. The molecule has 2 heteroatoms. The average Bonchev–Trinajstić information content (AvgIpc) is 3.89. The van der Waals surface area contributed by atoms with Crippen LogP contribution in [-0.2, 0) is 10.8 Å². The monoisotopic (exact) mass is 811 g/mol. The van der Waals surface area contributed by atoms with Crippen molar-refractivity contribution in [1.82, 2.24) is 0 Å². The molecule has 12 rings (SSSR count). The van der Waals surface area contributed by atoms with Crippen LogP contribution in [0.1, 0.15) is 49.9 Å². The lowest BCUT2D eigenvalue weighted by molar-refractivity contribution is 0.660. The molecule has 0 radical (unpaired) electrons. The van der Waals surface area contributed by atoms with Gasteiger partial charge in [0.25, 0.3) is 0 Å². The fourth-order valence-corrected chi connectivity index (χ4v) is 12.0. The summed E-state index contributed by atoms with van der Waals surface area (Å²) in [6.07, 6.45) is 0. The average molecular weight is 812 g/mol. The molecule has 0 aliphatic heterocycles. The van der Waals surface area contributed by atoms with Gasteiger partial charge in [-0.15, -0.1) is 11.3 Å². The highest BCUT2D eigenvalue weighted by Crippen LogP contribution is 2.55. The van der Waals surface area contributed by atoms with Crippen LogP contribution in [0.2, 0.25) is 0 Å². The molecule has 10 aromatic rings. The molecule has 0 spiro atoms. The van der Waals surface area contributed by atoms with Crippen molar-refractivity contribution in [2.75, 3.05) is 4.90 Å². The predicted molar refractivity (Wildman–Crippen MR) is 265 cm³/mol. The number of fused-ring (bicyclic) bond motifs is 9. The first-order valence-corrected chi connectivity index (χ1v) is 22.6. The molecule has 0 atom stereocenters. The molecule has 2 aliphatic carbocycles. The Hall–Kier alpha value is -7.00. The molecular formula is C60H45NS. The highest BCUT2D eigenvalue weighted by atomic mass is 32.1. The van der Waals surface area contributed by atoms with Gasteiger partial charge in [-0.2, -0.15) is 0 Å². The Bertz CT molecular complexity index is 3430. The Morgan fingerprint density at radius 3 is 1.66 bits per heavy atom. The number of rotatable bonds is 6. The van der Waals surface area contributed by atoms with E-state index < -0.39 is 0 Å². The first-order chi connectivity index (χ1) is 30.3. The minimum absolute atomic E-state index is 0.0412. The van der Waals surface area contributed by atoms with Crippen LogP contribution in [0, 0.1) is 0 Å². The van der Waals surface area contributed by atoms with Crippen LogP contribution < -0.4 is 4.90 Å². The molecule has 0 N–H and O–H groups in total. The number of nitrogens with zero attached hydrogens (tertiary/aromatic N) is 1. The first kappa shape index (κ1) is 36.8. The zero-order valence-corrected chi connectivity index (χ0v) is 36.2. The highest BCUT2D eigenvalue weighted by molar-refractivity contribution is 7.25. The van der Waals surface area contributed by atoms with Crippen molar-refractivity contribution >= 4 is 48.6 Å². The maximum atomic E-state index is 2.53. The van der Waals surface area contributed by atoms with E-state index in [0.717, 1.165) is 17.1 Å². The van der Waals surface area contributed by atoms with Crippen LogP contribution in [0.15, 0.2) is 200 Å². The van der Waals surface area contributed by atoms with Gasteiger partial charge in [0.15, 0.2) is 0 Å². The molecular weight excluding hydrogens is 767 g/mol. The molecule has 0 fully saturated rings. The smallest absolute Gasteiger partial charge is 0.0540 e. The molecule has 0 unspecified atom stereocenters. The SMILES string of the molecule is CC1(C)c2ccccc2-c2cc(-c3cccc(N(c4ccccc4-c4cccc5c4-c4ccccc4C5(C)C)c4ccccc4-c4cccc5sc6ccccc6c45)c3)ccc21. The summed E-state index contributed by atoms with van der Waals surface area (Å²) in [5, 5.41) is 2.61. The van der Waals surface area contributed by atoms with Gasteiger partial charge >= 0.3 is 0 Å². The zero-order chi connectivity index (χ0) is 41.7. The van der Waals surface area contributed by atoms with Gasteiger partial charge in [-0.05, 0) is 109 Å². The summed E-state index contributed by atoms with van der Waals surface area (Å²) in [6, 6.07) is 74.9. The quantitative estimate of drug-likeness (QED) is 0.162. The Balaban J connectivity index is 1.10. The second kappa shape index (κ2) is 13.8. The van der Waals surface area contributed by atoms with E-state index in [1.165, 1.54) is 98.1 Å². The molecule has 1 nitrogen and oxygen atoms in total. The lowest BCUT2D eigenvalue weighted by Gasteiger charge is -2.31. The number of hydrogen-bond donors (Lipinski definition) is 0. The number of thiophene rings is 1. The Kier molecular flexibility index (Phi) is 8.17. The van der Waals surface area contributed by atoms with E-state index in [4.69, 9.17) is 0 Å². The highest BCUT2D eigenvalue weighted by Gasteiger charge is 2.38. The topological polar surface area (TPSA) is 3.24 Å². The third kappa shape index (κ3) is 5.39. The van der Waals surface area contributed by atoms with Crippen molar-refractivity contribution in [3.8, 4) is 55.6 Å². The van der Waals surface area contributed by atoms with Crippen LogP contribution in [0.3, 0.4) is 0 Å². The van der Waals surface area contributed by atoms with Gasteiger partial charge in [0.05, 0.1) is 11.4 Å². The lowest BCUT2D eigenvalue weighted by Crippen LogP contribution is -2.15. The molecule has 62 heavy (non-hydrogen) atoms. The van der Waals surface area contributed by atoms with Crippen molar-refractivity contribution in [1.29, 1.82) is 0 Å². The molecule has 2 aliphatic rings.